The van der Waals surface area contributed by atoms with Crippen LogP contribution in [0.25, 0.3) is 0 Å². The van der Waals surface area contributed by atoms with Crippen molar-refractivity contribution in [3.63, 3.8) is 0 Å². The van der Waals surface area contributed by atoms with Gasteiger partial charge in [-0.05, 0) is 24.3 Å². The highest BCUT2D eigenvalue weighted by Crippen LogP contribution is 2.21. The van der Waals surface area contributed by atoms with Crippen LogP contribution in [0.3, 0.4) is 0 Å². The van der Waals surface area contributed by atoms with Crippen LogP contribution in [0.4, 0.5) is 10.6 Å². The molecule has 1 aromatic rings. The van der Waals surface area contributed by atoms with Gasteiger partial charge in [-0.2, -0.15) is 0 Å². The average molecular weight is 290 g/mol. The largest absolute Gasteiger partial charge is 0.362 e. The molecule has 1 N–H and O–H groups in total. The van der Waals surface area contributed by atoms with Crippen LogP contribution in [0.2, 0.25) is 0 Å². The Morgan fingerprint density at radius 3 is 2.67 bits per heavy atom. The smallest absolute Gasteiger partial charge is 0.317 e. The molecule has 21 heavy (non-hydrogen) atoms. The minimum Gasteiger partial charge on any atom is -0.362 e. The molecular weight excluding hydrogens is 264 g/mol. The molecule has 1 aromatic heterocycles. The van der Waals surface area contributed by atoms with Gasteiger partial charge >= 0.3 is 6.03 Å². The number of hydrogen-bond donors (Lipinski definition) is 1. The van der Waals surface area contributed by atoms with Gasteiger partial charge < -0.3 is 15.1 Å². The van der Waals surface area contributed by atoms with E-state index in [9.17, 15) is 4.79 Å². The Morgan fingerprint density at radius 1 is 1.38 bits per heavy atom. The highest BCUT2D eigenvalue weighted by Gasteiger charge is 2.25. The lowest BCUT2D eigenvalue weighted by atomic mass is 9.92. The zero-order valence-electron chi connectivity index (χ0n) is 13.5. The Bertz CT molecular complexity index is 479. The number of hydrogen-bond acceptors (Lipinski definition) is 3. The zero-order valence-corrected chi connectivity index (χ0v) is 13.5. The maximum absolute atomic E-state index is 12.3. The predicted octanol–water partition coefficient (Wildman–Crippen LogP) is 2.34. The summed E-state index contributed by atoms with van der Waals surface area (Å²) in [5.41, 5.74) is 1.04. The molecule has 1 saturated heterocycles. The van der Waals surface area contributed by atoms with Gasteiger partial charge in [-0.25, -0.2) is 9.78 Å². The van der Waals surface area contributed by atoms with Gasteiger partial charge in [0.25, 0.3) is 0 Å². The van der Waals surface area contributed by atoms with Crippen LogP contribution in [0.1, 0.15) is 25.8 Å². The number of carbonyl (C=O) groups excluding carboxylic acids is 1. The van der Waals surface area contributed by atoms with Crippen LogP contribution < -0.4 is 10.2 Å². The molecule has 0 spiro atoms. The van der Waals surface area contributed by atoms with Crippen molar-refractivity contribution in [3.8, 4) is 0 Å². The van der Waals surface area contributed by atoms with E-state index in [1.165, 1.54) is 6.42 Å². The molecule has 2 unspecified atom stereocenters. The Hall–Kier alpha value is -1.78. The van der Waals surface area contributed by atoms with Gasteiger partial charge in [0.15, 0.2) is 0 Å². The quantitative estimate of drug-likeness (QED) is 0.929. The number of likely N-dealkylation sites (tertiary alicyclic amines) is 1. The van der Waals surface area contributed by atoms with E-state index in [1.54, 1.807) is 6.20 Å². The first-order valence-electron chi connectivity index (χ1n) is 7.61. The summed E-state index contributed by atoms with van der Waals surface area (Å²) in [6.07, 6.45) is 2.98. The summed E-state index contributed by atoms with van der Waals surface area (Å²) in [6, 6.07) is 3.94. The Morgan fingerprint density at radius 2 is 2.05 bits per heavy atom. The summed E-state index contributed by atoms with van der Waals surface area (Å²) in [7, 11) is 3.92. The number of urea groups is 1. The van der Waals surface area contributed by atoms with Gasteiger partial charge in [-0.15, -0.1) is 0 Å². The van der Waals surface area contributed by atoms with E-state index in [1.807, 2.05) is 36.0 Å². The van der Waals surface area contributed by atoms with E-state index < -0.39 is 0 Å². The molecule has 1 aliphatic rings. The molecule has 0 bridgehead atoms. The van der Waals surface area contributed by atoms with E-state index in [0.717, 1.165) is 24.5 Å². The van der Waals surface area contributed by atoms with Crippen molar-refractivity contribution < 1.29 is 4.79 Å². The molecule has 1 fully saturated rings. The topological polar surface area (TPSA) is 48.5 Å². The normalized spacial score (nSPS) is 22.0. The number of carbonyl (C=O) groups is 1. The monoisotopic (exact) mass is 290 g/mol. The first kappa shape index (κ1) is 15.6. The summed E-state index contributed by atoms with van der Waals surface area (Å²) in [5.74, 6) is 2.06. The fourth-order valence-electron chi connectivity index (χ4n) is 3.08. The molecular formula is C16H26N4O. The molecule has 116 valence electrons. The summed E-state index contributed by atoms with van der Waals surface area (Å²) >= 11 is 0. The van der Waals surface area contributed by atoms with Crippen LogP contribution in [-0.2, 0) is 6.54 Å². The number of piperidine rings is 1. The standard InChI is InChI=1S/C16H26N4O/c1-12-8-13(2)11-20(10-12)16(21)18-9-14-6-5-7-17-15(14)19(3)4/h5-7,12-13H,8-11H2,1-4H3,(H,18,21). The number of nitrogens with zero attached hydrogens (tertiary/aromatic N) is 3. The summed E-state index contributed by atoms with van der Waals surface area (Å²) in [6.45, 7) is 6.63. The number of anilines is 1. The van der Waals surface area contributed by atoms with E-state index in [-0.39, 0.29) is 6.03 Å². The second kappa shape index (κ2) is 6.78. The lowest BCUT2D eigenvalue weighted by molar-refractivity contribution is 0.146. The number of pyridine rings is 1. The molecule has 2 heterocycles. The molecule has 1 aliphatic heterocycles. The second-order valence-electron chi connectivity index (χ2n) is 6.39. The van der Waals surface area contributed by atoms with E-state index in [0.29, 0.717) is 18.4 Å². The molecule has 0 radical (unpaired) electrons. The molecule has 2 atom stereocenters. The van der Waals surface area contributed by atoms with Gasteiger partial charge in [-0.1, -0.05) is 19.9 Å². The van der Waals surface area contributed by atoms with Crippen molar-refractivity contribution in [2.75, 3.05) is 32.1 Å². The van der Waals surface area contributed by atoms with E-state index in [2.05, 4.69) is 24.1 Å². The van der Waals surface area contributed by atoms with Gasteiger partial charge in [-0.3, -0.25) is 0 Å². The average Bonchev–Trinajstić information content (AvgIpc) is 2.43. The fourth-order valence-corrected chi connectivity index (χ4v) is 3.08. The third kappa shape index (κ3) is 4.09. The third-order valence-electron chi connectivity index (χ3n) is 3.88. The maximum Gasteiger partial charge on any atom is 0.317 e. The molecule has 0 aliphatic carbocycles. The van der Waals surface area contributed by atoms with Crippen molar-refractivity contribution in [2.45, 2.75) is 26.8 Å². The summed E-state index contributed by atoms with van der Waals surface area (Å²) < 4.78 is 0. The van der Waals surface area contributed by atoms with Crippen LogP contribution in [-0.4, -0.2) is 43.1 Å². The van der Waals surface area contributed by atoms with Crippen LogP contribution in [0, 0.1) is 11.8 Å². The minimum atomic E-state index is 0.0296. The summed E-state index contributed by atoms with van der Waals surface area (Å²) in [4.78, 5) is 20.6. The lowest BCUT2D eigenvalue weighted by Gasteiger charge is -2.35. The van der Waals surface area contributed by atoms with Gasteiger partial charge in [0, 0.05) is 45.5 Å². The maximum atomic E-state index is 12.3. The van der Waals surface area contributed by atoms with Crippen molar-refractivity contribution in [3.05, 3.63) is 23.9 Å². The fraction of sp³-hybridized carbons (Fsp3) is 0.625. The van der Waals surface area contributed by atoms with Crippen molar-refractivity contribution in [2.24, 2.45) is 11.8 Å². The number of nitrogens with one attached hydrogen (secondary N) is 1. The highest BCUT2D eigenvalue weighted by atomic mass is 16.2. The van der Waals surface area contributed by atoms with Gasteiger partial charge in [0.1, 0.15) is 5.82 Å². The van der Waals surface area contributed by atoms with Gasteiger partial charge in [0.05, 0.1) is 0 Å². The molecule has 2 amide bonds. The number of amides is 2. The van der Waals surface area contributed by atoms with Crippen LogP contribution >= 0.6 is 0 Å². The van der Waals surface area contributed by atoms with Crippen LogP contribution in [0.5, 0.6) is 0 Å². The SMILES string of the molecule is CC1CC(C)CN(C(=O)NCc2cccnc2N(C)C)C1. The van der Waals surface area contributed by atoms with Crippen LogP contribution in [0.15, 0.2) is 18.3 Å². The van der Waals surface area contributed by atoms with Crippen molar-refractivity contribution in [1.82, 2.24) is 15.2 Å². The Labute approximate surface area is 127 Å². The number of rotatable bonds is 3. The van der Waals surface area contributed by atoms with Gasteiger partial charge in [0.2, 0.25) is 0 Å². The molecule has 0 aromatic carbocycles. The minimum absolute atomic E-state index is 0.0296. The zero-order chi connectivity index (χ0) is 15.4. The Balaban J connectivity index is 1.95. The molecule has 2 rings (SSSR count). The van der Waals surface area contributed by atoms with Crippen molar-refractivity contribution in [1.29, 1.82) is 0 Å². The number of aromatic nitrogens is 1. The first-order valence-corrected chi connectivity index (χ1v) is 7.61. The third-order valence-corrected chi connectivity index (χ3v) is 3.88. The molecule has 5 nitrogen and oxygen atoms in total. The van der Waals surface area contributed by atoms with E-state index in [4.69, 9.17) is 0 Å². The molecule has 5 heteroatoms. The second-order valence-corrected chi connectivity index (χ2v) is 6.39. The lowest BCUT2D eigenvalue weighted by Crippen LogP contribution is -2.47. The predicted molar refractivity (Wildman–Crippen MR) is 85.3 cm³/mol. The summed E-state index contributed by atoms with van der Waals surface area (Å²) in [5, 5.41) is 3.03. The van der Waals surface area contributed by atoms with Crippen molar-refractivity contribution >= 4 is 11.8 Å². The Kier molecular flexibility index (Phi) is 5.04. The highest BCUT2D eigenvalue weighted by molar-refractivity contribution is 5.74. The molecule has 0 saturated carbocycles. The first-order chi connectivity index (χ1) is 9.97. The van der Waals surface area contributed by atoms with E-state index >= 15 is 0 Å².